The number of sulfonamides is 1. The predicted molar refractivity (Wildman–Crippen MR) is 83.9 cm³/mol. The Labute approximate surface area is 133 Å². The molecule has 0 amide bonds. The Morgan fingerprint density at radius 3 is 2.70 bits per heavy atom. The number of aromatic nitrogens is 1. The monoisotopic (exact) mass is 334 g/mol. The van der Waals surface area contributed by atoms with E-state index < -0.39 is 15.8 Å². The molecule has 1 heterocycles. The summed E-state index contributed by atoms with van der Waals surface area (Å²) in [5.74, 6) is 0.120. The lowest BCUT2D eigenvalue weighted by molar-refractivity contribution is 0.560. The van der Waals surface area contributed by atoms with Crippen LogP contribution in [0.25, 0.3) is 11.1 Å². The molecule has 1 N–H and O–H groups in total. The molecule has 0 saturated heterocycles. The van der Waals surface area contributed by atoms with Crippen LogP contribution in [0.15, 0.2) is 45.7 Å². The molecule has 3 aromatic rings. The van der Waals surface area contributed by atoms with Gasteiger partial charge in [0.15, 0.2) is 11.5 Å². The van der Waals surface area contributed by atoms with Gasteiger partial charge in [0.05, 0.1) is 4.90 Å². The highest BCUT2D eigenvalue weighted by molar-refractivity contribution is 7.89. The van der Waals surface area contributed by atoms with Crippen molar-refractivity contribution in [2.75, 3.05) is 0 Å². The van der Waals surface area contributed by atoms with Crippen molar-refractivity contribution < 1.29 is 17.2 Å². The molecule has 0 aliphatic heterocycles. The molecule has 0 unspecified atom stereocenters. The maximum atomic E-state index is 13.3. The van der Waals surface area contributed by atoms with E-state index in [0.29, 0.717) is 11.5 Å². The lowest BCUT2D eigenvalue weighted by atomic mass is 10.2. The van der Waals surface area contributed by atoms with Crippen LogP contribution < -0.4 is 4.72 Å². The van der Waals surface area contributed by atoms with Crippen LogP contribution in [0.2, 0.25) is 0 Å². The van der Waals surface area contributed by atoms with Gasteiger partial charge in [-0.05, 0) is 48.4 Å². The summed E-state index contributed by atoms with van der Waals surface area (Å²) in [5, 5.41) is 0. The minimum atomic E-state index is -3.71. The van der Waals surface area contributed by atoms with E-state index in [0.717, 1.165) is 17.1 Å². The standard InChI is InChI=1S/C16H15FN2O3S/c1-10-7-13(4-5-14(10)17)23(20,21)18-9-12-3-6-15-16(8-12)22-11(2)19-15/h3-8,18H,9H2,1-2H3. The summed E-state index contributed by atoms with van der Waals surface area (Å²) in [6.45, 7) is 3.38. The minimum Gasteiger partial charge on any atom is -0.441 e. The molecular weight excluding hydrogens is 319 g/mol. The van der Waals surface area contributed by atoms with Gasteiger partial charge < -0.3 is 4.42 Å². The molecule has 23 heavy (non-hydrogen) atoms. The van der Waals surface area contributed by atoms with Crippen LogP contribution in [0.4, 0.5) is 4.39 Å². The van der Waals surface area contributed by atoms with Crippen LogP contribution in [-0.4, -0.2) is 13.4 Å². The largest absolute Gasteiger partial charge is 0.441 e. The van der Waals surface area contributed by atoms with E-state index in [9.17, 15) is 12.8 Å². The van der Waals surface area contributed by atoms with E-state index in [1.165, 1.54) is 19.1 Å². The van der Waals surface area contributed by atoms with E-state index in [-0.39, 0.29) is 17.0 Å². The van der Waals surface area contributed by atoms with Crippen molar-refractivity contribution in [1.82, 2.24) is 9.71 Å². The first-order valence-electron chi connectivity index (χ1n) is 6.97. The molecule has 0 atom stereocenters. The fourth-order valence-corrected chi connectivity index (χ4v) is 3.34. The second-order valence-corrected chi connectivity index (χ2v) is 7.04. The number of fused-ring (bicyclic) bond motifs is 1. The Hall–Kier alpha value is -2.25. The topological polar surface area (TPSA) is 72.2 Å². The molecular formula is C16H15FN2O3S. The maximum Gasteiger partial charge on any atom is 0.240 e. The molecule has 0 bridgehead atoms. The molecule has 7 heteroatoms. The Morgan fingerprint density at radius 1 is 1.17 bits per heavy atom. The number of rotatable bonds is 4. The van der Waals surface area contributed by atoms with Crippen LogP contribution in [0.1, 0.15) is 17.0 Å². The summed E-state index contributed by atoms with van der Waals surface area (Å²) < 4.78 is 45.7. The average Bonchev–Trinajstić information content (AvgIpc) is 2.87. The minimum absolute atomic E-state index is 0.0352. The molecule has 0 saturated carbocycles. The van der Waals surface area contributed by atoms with E-state index in [2.05, 4.69) is 9.71 Å². The molecule has 0 spiro atoms. The van der Waals surface area contributed by atoms with Gasteiger partial charge in [-0.15, -0.1) is 0 Å². The molecule has 1 aromatic heterocycles. The van der Waals surface area contributed by atoms with Gasteiger partial charge in [-0.1, -0.05) is 6.07 Å². The van der Waals surface area contributed by atoms with Crippen molar-refractivity contribution in [2.45, 2.75) is 25.3 Å². The van der Waals surface area contributed by atoms with Gasteiger partial charge in [0, 0.05) is 13.5 Å². The second kappa shape index (κ2) is 5.75. The summed E-state index contributed by atoms with van der Waals surface area (Å²) >= 11 is 0. The van der Waals surface area contributed by atoms with E-state index in [1.807, 2.05) is 0 Å². The Balaban J connectivity index is 1.80. The summed E-state index contributed by atoms with van der Waals surface area (Å²) in [6, 6.07) is 9.00. The zero-order valence-corrected chi connectivity index (χ0v) is 13.4. The van der Waals surface area contributed by atoms with Gasteiger partial charge in [-0.2, -0.15) is 0 Å². The van der Waals surface area contributed by atoms with Crippen molar-refractivity contribution in [3.05, 3.63) is 59.2 Å². The molecule has 2 aromatic carbocycles. The zero-order valence-electron chi connectivity index (χ0n) is 12.6. The molecule has 3 rings (SSSR count). The average molecular weight is 334 g/mol. The van der Waals surface area contributed by atoms with Crippen LogP contribution in [0.3, 0.4) is 0 Å². The summed E-state index contributed by atoms with van der Waals surface area (Å²) in [7, 11) is -3.71. The molecule has 0 aliphatic carbocycles. The number of aryl methyl sites for hydroxylation is 2. The third kappa shape index (κ3) is 3.25. The van der Waals surface area contributed by atoms with Gasteiger partial charge >= 0.3 is 0 Å². The highest BCUT2D eigenvalue weighted by atomic mass is 32.2. The summed E-state index contributed by atoms with van der Waals surface area (Å²) in [6.07, 6.45) is 0. The predicted octanol–water partition coefficient (Wildman–Crippen LogP) is 3.06. The number of oxazole rings is 1. The van der Waals surface area contributed by atoms with Crippen LogP contribution in [-0.2, 0) is 16.6 Å². The van der Waals surface area contributed by atoms with Crippen molar-refractivity contribution in [1.29, 1.82) is 0 Å². The number of halogens is 1. The van der Waals surface area contributed by atoms with E-state index in [1.54, 1.807) is 25.1 Å². The number of hydrogen-bond donors (Lipinski definition) is 1. The lowest BCUT2D eigenvalue weighted by Gasteiger charge is -2.08. The Morgan fingerprint density at radius 2 is 1.96 bits per heavy atom. The van der Waals surface area contributed by atoms with E-state index >= 15 is 0 Å². The second-order valence-electron chi connectivity index (χ2n) is 5.27. The first-order chi connectivity index (χ1) is 10.8. The fourth-order valence-electron chi connectivity index (χ4n) is 2.24. The van der Waals surface area contributed by atoms with E-state index in [4.69, 9.17) is 4.42 Å². The highest BCUT2D eigenvalue weighted by Gasteiger charge is 2.15. The number of nitrogens with zero attached hydrogens (tertiary/aromatic N) is 1. The van der Waals surface area contributed by atoms with Crippen LogP contribution >= 0.6 is 0 Å². The Kier molecular flexibility index (Phi) is 3.91. The lowest BCUT2D eigenvalue weighted by Crippen LogP contribution is -2.23. The van der Waals surface area contributed by atoms with Gasteiger partial charge in [0.25, 0.3) is 0 Å². The SMILES string of the molecule is Cc1nc2ccc(CNS(=O)(=O)c3ccc(F)c(C)c3)cc2o1. The quantitative estimate of drug-likeness (QED) is 0.796. The normalized spacial score (nSPS) is 12.0. The van der Waals surface area contributed by atoms with Gasteiger partial charge in [0.1, 0.15) is 11.3 Å². The maximum absolute atomic E-state index is 13.3. The fraction of sp³-hybridized carbons (Fsp3) is 0.188. The molecule has 0 fully saturated rings. The van der Waals surface area contributed by atoms with Crippen molar-refractivity contribution in [3.8, 4) is 0 Å². The zero-order chi connectivity index (χ0) is 16.6. The van der Waals surface area contributed by atoms with Crippen LogP contribution in [0.5, 0.6) is 0 Å². The van der Waals surface area contributed by atoms with Gasteiger partial charge in [-0.3, -0.25) is 0 Å². The third-order valence-corrected chi connectivity index (χ3v) is 4.86. The van der Waals surface area contributed by atoms with Crippen molar-refractivity contribution in [3.63, 3.8) is 0 Å². The van der Waals surface area contributed by atoms with Crippen molar-refractivity contribution >= 4 is 21.1 Å². The van der Waals surface area contributed by atoms with Gasteiger partial charge in [-0.25, -0.2) is 22.5 Å². The first-order valence-corrected chi connectivity index (χ1v) is 8.45. The smallest absolute Gasteiger partial charge is 0.240 e. The summed E-state index contributed by atoms with van der Waals surface area (Å²) in [4.78, 5) is 4.22. The van der Waals surface area contributed by atoms with Gasteiger partial charge in [0.2, 0.25) is 10.0 Å². The first kappa shape index (κ1) is 15.6. The third-order valence-electron chi connectivity index (χ3n) is 3.47. The molecule has 120 valence electrons. The number of nitrogens with one attached hydrogen (secondary N) is 1. The molecule has 0 aliphatic rings. The van der Waals surface area contributed by atoms with Crippen LogP contribution in [0, 0.1) is 19.7 Å². The summed E-state index contributed by atoms with van der Waals surface area (Å²) in [5.41, 5.74) is 2.36. The highest BCUT2D eigenvalue weighted by Crippen LogP contribution is 2.18. The number of benzene rings is 2. The molecule has 5 nitrogen and oxygen atoms in total. The van der Waals surface area contributed by atoms with Crippen molar-refractivity contribution in [2.24, 2.45) is 0 Å². The Bertz CT molecular complexity index is 980. The number of hydrogen-bond acceptors (Lipinski definition) is 4. The molecule has 0 radical (unpaired) electrons.